The molecule has 1 aliphatic heterocycles. The molecule has 1 heterocycles. The Bertz CT molecular complexity index is 1110. The summed E-state index contributed by atoms with van der Waals surface area (Å²) in [6, 6.07) is 0. The molecule has 1 aliphatic rings. The van der Waals surface area contributed by atoms with E-state index in [1.165, 1.54) is 0 Å². The molecule has 53 heavy (non-hydrogen) atoms. The average molecular weight is 759 g/mol. The molecule has 4 amide bonds. The number of rotatable bonds is 24. The topological polar surface area (TPSA) is 244 Å². The molecule has 8 N–H and O–H groups in total. The van der Waals surface area contributed by atoms with Crippen molar-refractivity contribution in [1.29, 1.82) is 0 Å². The van der Waals surface area contributed by atoms with Crippen LogP contribution in [0.2, 0.25) is 0 Å². The molecule has 0 saturated carbocycles. The number of carbonyl (C=O) groups is 6. The maximum absolute atomic E-state index is 12.8. The number of likely N-dealkylation sites (N-methyl/N-ethyl adjacent to an activating group) is 1. The van der Waals surface area contributed by atoms with Crippen molar-refractivity contribution >= 4 is 35.6 Å². The van der Waals surface area contributed by atoms with Gasteiger partial charge in [-0.15, -0.1) is 0 Å². The third-order valence-electron chi connectivity index (χ3n) is 8.86. The number of nitrogens with one attached hydrogen (secondary N) is 4. The van der Waals surface area contributed by atoms with Gasteiger partial charge >= 0.3 is 11.9 Å². The van der Waals surface area contributed by atoms with Crippen molar-refractivity contribution in [1.82, 2.24) is 40.9 Å². The zero-order chi connectivity index (χ0) is 39.6. The summed E-state index contributed by atoms with van der Waals surface area (Å²) in [6.07, 6.45) is -0.0643. The molecule has 1 fully saturated rings. The number of carboxylic acids is 2. The lowest BCUT2D eigenvalue weighted by molar-refractivity contribution is -0.140. The Morgan fingerprint density at radius 2 is 0.981 bits per heavy atom. The predicted octanol–water partition coefficient (Wildman–Crippen LogP) is -2.03. The normalized spacial score (nSPS) is 16.9. The van der Waals surface area contributed by atoms with Crippen molar-refractivity contribution < 1.29 is 49.2 Å². The van der Waals surface area contributed by atoms with E-state index in [1.807, 2.05) is 16.7 Å². The van der Waals surface area contributed by atoms with Crippen molar-refractivity contribution in [2.45, 2.75) is 77.9 Å². The lowest BCUT2D eigenvalue weighted by Gasteiger charge is -2.33. The Labute approximate surface area is 314 Å². The van der Waals surface area contributed by atoms with Crippen LogP contribution in [0.1, 0.15) is 65.7 Å². The second-order valence-electron chi connectivity index (χ2n) is 14.0. The molecule has 1 rings (SSSR count). The van der Waals surface area contributed by atoms with Gasteiger partial charge in [0, 0.05) is 91.4 Å². The Morgan fingerprint density at radius 3 is 1.45 bits per heavy atom. The van der Waals surface area contributed by atoms with Crippen LogP contribution in [0.15, 0.2) is 0 Å². The van der Waals surface area contributed by atoms with Crippen LogP contribution < -0.4 is 21.3 Å². The summed E-state index contributed by atoms with van der Waals surface area (Å²) in [6.45, 7) is 11.8. The van der Waals surface area contributed by atoms with Crippen molar-refractivity contribution in [2.75, 3.05) is 105 Å². The number of amides is 4. The minimum absolute atomic E-state index is 0.00561. The Kier molecular flexibility index (Phi) is 25.2. The molecule has 0 aromatic carbocycles. The molecular formula is C35H66N8O10. The van der Waals surface area contributed by atoms with E-state index < -0.39 is 24.1 Å². The number of hydrogen-bond acceptors (Lipinski definition) is 12. The molecule has 0 aliphatic carbocycles. The SMILES string of the molecule is CCN1CCN(CC(=O)O)CCN(CC(=O)O)CCN(CC(=O)NCCNC(=O)CCC(=O)NCCC(O)CC(O)CC(=O)NCCCC(C)C)CC1. The molecule has 0 spiro atoms. The van der Waals surface area contributed by atoms with Crippen LogP contribution in [-0.4, -0.2) is 193 Å². The quantitative estimate of drug-likeness (QED) is 0.0496. The van der Waals surface area contributed by atoms with Gasteiger partial charge in [-0.25, -0.2) is 0 Å². The third kappa shape index (κ3) is 26.1. The highest BCUT2D eigenvalue weighted by Crippen LogP contribution is 2.07. The highest BCUT2D eigenvalue weighted by atomic mass is 16.4. The predicted molar refractivity (Wildman–Crippen MR) is 198 cm³/mol. The highest BCUT2D eigenvalue weighted by molar-refractivity contribution is 5.83. The third-order valence-corrected chi connectivity index (χ3v) is 8.86. The summed E-state index contributed by atoms with van der Waals surface area (Å²) in [5.74, 6) is -2.61. The maximum atomic E-state index is 12.8. The van der Waals surface area contributed by atoms with Crippen molar-refractivity contribution in [3.63, 3.8) is 0 Å². The van der Waals surface area contributed by atoms with Crippen molar-refractivity contribution in [3.05, 3.63) is 0 Å². The zero-order valence-electron chi connectivity index (χ0n) is 32.0. The molecule has 0 aromatic heterocycles. The Balaban J connectivity index is 2.35. The van der Waals surface area contributed by atoms with Gasteiger partial charge in [0.05, 0.1) is 38.3 Å². The summed E-state index contributed by atoms with van der Waals surface area (Å²) >= 11 is 0. The van der Waals surface area contributed by atoms with Crippen molar-refractivity contribution in [2.24, 2.45) is 5.92 Å². The minimum atomic E-state index is -0.994. The highest BCUT2D eigenvalue weighted by Gasteiger charge is 2.20. The van der Waals surface area contributed by atoms with Gasteiger partial charge in [0.2, 0.25) is 23.6 Å². The van der Waals surface area contributed by atoms with Gasteiger partial charge in [-0.05, 0) is 38.1 Å². The summed E-state index contributed by atoms with van der Waals surface area (Å²) in [4.78, 5) is 79.6. The lowest BCUT2D eigenvalue weighted by atomic mass is 10.1. The van der Waals surface area contributed by atoms with Gasteiger partial charge in [0.25, 0.3) is 0 Å². The van der Waals surface area contributed by atoms with Crippen LogP contribution in [0.3, 0.4) is 0 Å². The fourth-order valence-corrected chi connectivity index (χ4v) is 5.74. The first kappa shape index (κ1) is 47.6. The number of aliphatic carboxylic acids is 2. The van der Waals surface area contributed by atoms with Gasteiger partial charge < -0.3 is 46.6 Å². The van der Waals surface area contributed by atoms with Crippen LogP contribution in [-0.2, 0) is 28.8 Å². The molecule has 0 radical (unpaired) electrons. The summed E-state index contributed by atoms with van der Waals surface area (Å²) in [7, 11) is 0. The van der Waals surface area contributed by atoms with E-state index in [0.29, 0.717) is 64.8 Å². The molecular weight excluding hydrogens is 692 g/mol. The van der Waals surface area contributed by atoms with E-state index in [-0.39, 0.29) is 95.0 Å². The summed E-state index contributed by atoms with van der Waals surface area (Å²) in [5, 5.41) is 49.8. The smallest absolute Gasteiger partial charge is 0.317 e. The average Bonchev–Trinajstić information content (AvgIpc) is 3.07. The first-order valence-electron chi connectivity index (χ1n) is 18.9. The number of hydrogen-bond donors (Lipinski definition) is 8. The van der Waals surface area contributed by atoms with E-state index >= 15 is 0 Å². The largest absolute Gasteiger partial charge is 0.480 e. The van der Waals surface area contributed by atoms with Crippen LogP contribution in [0, 0.1) is 5.92 Å². The van der Waals surface area contributed by atoms with Gasteiger partial charge in [0.15, 0.2) is 0 Å². The summed E-state index contributed by atoms with van der Waals surface area (Å²) in [5.41, 5.74) is 0. The number of aliphatic hydroxyl groups excluding tert-OH is 2. The van der Waals surface area contributed by atoms with Crippen LogP contribution in [0.4, 0.5) is 0 Å². The lowest BCUT2D eigenvalue weighted by Crippen LogP contribution is -2.49. The number of nitrogens with zero attached hydrogens (tertiary/aromatic N) is 4. The van der Waals surface area contributed by atoms with Gasteiger partial charge in [-0.2, -0.15) is 0 Å². The number of carbonyl (C=O) groups excluding carboxylic acids is 4. The van der Waals surface area contributed by atoms with E-state index in [9.17, 15) is 49.2 Å². The zero-order valence-corrected chi connectivity index (χ0v) is 32.0. The van der Waals surface area contributed by atoms with Crippen LogP contribution in [0.5, 0.6) is 0 Å². The minimum Gasteiger partial charge on any atom is -0.480 e. The van der Waals surface area contributed by atoms with Crippen LogP contribution in [0.25, 0.3) is 0 Å². The molecule has 0 bridgehead atoms. The molecule has 2 atom stereocenters. The van der Waals surface area contributed by atoms with Crippen LogP contribution >= 0.6 is 0 Å². The molecule has 1 saturated heterocycles. The first-order chi connectivity index (χ1) is 25.2. The fraction of sp³-hybridized carbons (Fsp3) is 0.829. The second kappa shape index (κ2) is 28.1. The number of carboxylic acid groups (broad SMARTS) is 2. The number of aliphatic hydroxyl groups is 2. The molecule has 0 aromatic rings. The molecule has 18 heteroatoms. The standard InChI is InChI=1S/C35H66N8O10/c1-4-40-14-16-41(18-19-43(26-35(52)53)21-20-42(17-15-40)25-34(50)51)24-33(49)39-13-12-38-31(47)8-7-30(46)37-11-9-28(44)22-29(45)23-32(48)36-10-5-6-27(2)3/h27-29,44-45H,4-26H2,1-3H3,(H,36,48)(H,37,46)(H,38,47)(H,39,49)(H,50,51)(H,52,53). The van der Waals surface area contributed by atoms with E-state index in [0.717, 1.165) is 19.4 Å². The summed E-state index contributed by atoms with van der Waals surface area (Å²) < 4.78 is 0. The van der Waals surface area contributed by atoms with E-state index in [1.54, 1.807) is 4.90 Å². The maximum Gasteiger partial charge on any atom is 0.317 e. The monoisotopic (exact) mass is 758 g/mol. The molecule has 306 valence electrons. The van der Waals surface area contributed by atoms with E-state index in [2.05, 4.69) is 40.0 Å². The van der Waals surface area contributed by atoms with E-state index in [4.69, 9.17) is 0 Å². The fourth-order valence-electron chi connectivity index (χ4n) is 5.74. The van der Waals surface area contributed by atoms with Crippen molar-refractivity contribution in [3.8, 4) is 0 Å². The van der Waals surface area contributed by atoms with Gasteiger partial charge in [0.1, 0.15) is 0 Å². The first-order valence-corrected chi connectivity index (χ1v) is 18.9. The second-order valence-corrected chi connectivity index (χ2v) is 14.0. The van der Waals surface area contributed by atoms with Gasteiger partial charge in [-0.3, -0.25) is 43.5 Å². The molecule has 18 nitrogen and oxygen atoms in total. The molecule has 2 unspecified atom stereocenters. The Hall–Kier alpha value is -3.42. The Morgan fingerprint density at radius 1 is 0.547 bits per heavy atom. The van der Waals surface area contributed by atoms with Gasteiger partial charge in [-0.1, -0.05) is 20.8 Å².